The number of fused-ring (bicyclic) bond motifs is 1. The summed E-state index contributed by atoms with van der Waals surface area (Å²) in [6.45, 7) is 6.54. The number of nitrogens with one attached hydrogen (secondary N) is 1. The van der Waals surface area contributed by atoms with Gasteiger partial charge < -0.3 is 14.2 Å². The number of aryl methyl sites for hydroxylation is 1. The molecule has 1 saturated carbocycles. The molecule has 6 heteroatoms. The fourth-order valence-electron chi connectivity index (χ4n) is 4.61. The van der Waals surface area contributed by atoms with Crippen molar-refractivity contribution in [3.8, 4) is 5.75 Å². The summed E-state index contributed by atoms with van der Waals surface area (Å²) >= 11 is 3.81. The third-order valence-corrected chi connectivity index (χ3v) is 6.45. The van der Waals surface area contributed by atoms with E-state index in [9.17, 15) is 9.59 Å². The first-order valence-corrected chi connectivity index (χ1v) is 10.4. The van der Waals surface area contributed by atoms with Crippen LogP contribution in [-0.4, -0.2) is 18.5 Å². The van der Waals surface area contributed by atoms with Gasteiger partial charge in [0.1, 0.15) is 5.75 Å². The number of carbonyl (C=O) groups is 2. The molecule has 1 aliphatic heterocycles. The van der Waals surface area contributed by atoms with Gasteiger partial charge in [0.05, 0.1) is 18.4 Å². The summed E-state index contributed by atoms with van der Waals surface area (Å²) in [5.74, 6) is 0.615. The summed E-state index contributed by atoms with van der Waals surface area (Å²) in [7, 11) is 0. The highest BCUT2D eigenvalue weighted by atomic mass is 32.1. The number of benzene rings is 2. The zero-order valence-electron chi connectivity index (χ0n) is 16.9. The van der Waals surface area contributed by atoms with E-state index in [1.54, 1.807) is 0 Å². The molecule has 2 aromatic carbocycles. The van der Waals surface area contributed by atoms with Crippen molar-refractivity contribution in [1.82, 2.24) is 0 Å². The monoisotopic (exact) mass is 423 g/mol. The molecular weight excluding hydrogens is 398 g/mol. The van der Waals surface area contributed by atoms with Gasteiger partial charge in [-0.3, -0.25) is 9.59 Å². The van der Waals surface area contributed by atoms with E-state index in [1.807, 2.05) is 49.4 Å². The van der Waals surface area contributed by atoms with Crippen molar-refractivity contribution in [2.75, 3.05) is 11.9 Å². The van der Waals surface area contributed by atoms with Crippen LogP contribution in [-0.2, 0) is 27.2 Å². The molecule has 2 unspecified atom stereocenters. The van der Waals surface area contributed by atoms with Gasteiger partial charge in [-0.25, -0.2) is 0 Å². The minimum atomic E-state index is -0.473. The van der Waals surface area contributed by atoms with Crippen molar-refractivity contribution in [1.29, 1.82) is 0 Å². The number of anilines is 1. The highest BCUT2D eigenvalue weighted by Crippen LogP contribution is 2.52. The first kappa shape index (κ1) is 20.5. The number of ether oxygens (including phenoxy) is 1. The van der Waals surface area contributed by atoms with E-state index in [0.29, 0.717) is 25.2 Å². The molecule has 1 saturated heterocycles. The summed E-state index contributed by atoms with van der Waals surface area (Å²) in [6.07, 6.45) is 2.44. The normalized spacial score (nSPS) is 22.5. The highest BCUT2D eigenvalue weighted by Gasteiger charge is 2.55. The maximum Gasteiger partial charge on any atom is 0.313 e. The van der Waals surface area contributed by atoms with Gasteiger partial charge in [0, 0.05) is 24.5 Å². The minimum Gasteiger partial charge on any atom is -0.465 e. The molecule has 0 spiro atoms. The molecular formula is C24H25NO4S. The van der Waals surface area contributed by atoms with Crippen molar-refractivity contribution < 1.29 is 18.5 Å². The lowest BCUT2D eigenvalue weighted by atomic mass is 9.75. The smallest absolute Gasteiger partial charge is 0.313 e. The molecule has 1 heterocycles. The van der Waals surface area contributed by atoms with Gasteiger partial charge in [-0.1, -0.05) is 30.4 Å². The van der Waals surface area contributed by atoms with Crippen molar-refractivity contribution in [3.05, 3.63) is 71.3 Å². The summed E-state index contributed by atoms with van der Waals surface area (Å²) in [5.41, 5.74) is 4.34. The molecule has 2 fully saturated rings. The standard InChI is InChI=1S/C24H25NO4S/c1-15-9-19-14-28-23(27)24(19,12-15)13-17-4-6-20(7-5-17)25-22(26)11-18-10-21(29-30)8-3-16(18)2/h3-8,10,19,30H,1,9,11-14H2,2H3,(H,25,26). The van der Waals surface area contributed by atoms with E-state index in [-0.39, 0.29) is 24.2 Å². The molecule has 0 radical (unpaired) electrons. The van der Waals surface area contributed by atoms with Crippen LogP contribution in [0.4, 0.5) is 5.69 Å². The van der Waals surface area contributed by atoms with Gasteiger partial charge in [-0.15, -0.1) is 0 Å². The molecule has 1 N–H and O–H groups in total. The van der Waals surface area contributed by atoms with E-state index >= 15 is 0 Å². The molecule has 1 aliphatic carbocycles. The molecule has 2 atom stereocenters. The van der Waals surface area contributed by atoms with Crippen LogP contribution < -0.4 is 9.50 Å². The molecule has 30 heavy (non-hydrogen) atoms. The molecule has 0 bridgehead atoms. The van der Waals surface area contributed by atoms with Crippen LogP contribution in [0.15, 0.2) is 54.6 Å². The van der Waals surface area contributed by atoms with E-state index in [4.69, 9.17) is 8.92 Å². The summed E-state index contributed by atoms with van der Waals surface area (Å²) in [6, 6.07) is 13.2. The van der Waals surface area contributed by atoms with E-state index in [0.717, 1.165) is 34.4 Å². The Morgan fingerprint density at radius 3 is 2.80 bits per heavy atom. The van der Waals surface area contributed by atoms with Crippen LogP contribution in [0, 0.1) is 18.3 Å². The maximum atomic E-state index is 12.5. The Hall–Kier alpha value is -2.73. The second-order valence-corrected chi connectivity index (χ2v) is 8.54. The van der Waals surface area contributed by atoms with Crippen LogP contribution in [0.1, 0.15) is 29.5 Å². The number of thiol groups is 1. The molecule has 2 aliphatic rings. The number of rotatable bonds is 6. The van der Waals surface area contributed by atoms with Gasteiger partial charge in [0.25, 0.3) is 0 Å². The molecule has 2 aromatic rings. The maximum absolute atomic E-state index is 12.5. The number of cyclic esters (lactones) is 1. The number of amides is 1. The first-order valence-electron chi connectivity index (χ1n) is 10.0. The van der Waals surface area contributed by atoms with E-state index < -0.39 is 5.41 Å². The lowest BCUT2D eigenvalue weighted by Gasteiger charge is -2.24. The summed E-state index contributed by atoms with van der Waals surface area (Å²) in [4.78, 5) is 24.9. The Morgan fingerprint density at radius 2 is 2.07 bits per heavy atom. The average molecular weight is 424 g/mol. The Labute approximate surface area is 182 Å². The second kappa shape index (κ2) is 8.19. The topological polar surface area (TPSA) is 64.6 Å². The van der Waals surface area contributed by atoms with E-state index in [2.05, 4.69) is 24.8 Å². The predicted molar refractivity (Wildman–Crippen MR) is 119 cm³/mol. The Balaban J connectivity index is 1.41. The first-order chi connectivity index (χ1) is 14.4. The van der Waals surface area contributed by atoms with Gasteiger partial charge in [0.15, 0.2) is 0 Å². The number of hydrogen-bond acceptors (Lipinski definition) is 5. The number of carbonyl (C=O) groups excluding carboxylic acids is 2. The molecule has 0 aromatic heterocycles. The molecule has 156 valence electrons. The molecule has 4 rings (SSSR count). The van der Waals surface area contributed by atoms with E-state index in [1.165, 1.54) is 0 Å². The lowest BCUT2D eigenvalue weighted by Crippen LogP contribution is -2.31. The number of esters is 1. The predicted octanol–water partition coefficient (Wildman–Crippen LogP) is 4.45. The SMILES string of the molecule is C=C1CC2COC(=O)C2(Cc2ccc(NC(=O)Cc3cc(OS)ccc3C)cc2)C1. The Kier molecular flexibility index (Phi) is 5.60. The van der Waals surface area contributed by atoms with Crippen LogP contribution in [0.5, 0.6) is 5.75 Å². The number of allylic oxidation sites excluding steroid dienone is 1. The fourth-order valence-corrected chi connectivity index (χ4v) is 4.72. The van der Waals surface area contributed by atoms with Crippen LogP contribution in [0.3, 0.4) is 0 Å². The summed E-state index contributed by atoms with van der Waals surface area (Å²) in [5, 5.41) is 2.93. The second-order valence-electron chi connectivity index (χ2n) is 8.36. The van der Waals surface area contributed by atoms with Gasteiger partial charge in [-0.2, -0.15) is 0 Å². The third kappa shape index (κ3) is 3.97. The minimum absolute atomic E-state index is 0.104. The van der Waals surface area contributed by atoms with Crippen molar-refractivity contribution in [2.45, 2.75) is 32.6 Å². The summed E-state index contributed by atoms with van der Waals surface area (Å²) < 4.78 is 10.3. The third-order valence-electron chi connectivity index (χ3n) is 6.24. The highest BCUT2D eigenvalue weighted by molar-refractivity contribution is 7.75. The quantitative estimate of drug-likeness (QED) is 0.312. The Bertz CT molecular complexity index is 1000. The zero-order chi connectivity index (χ0) is 21.3. The lowest BCUT2D eigenvalue weighted by molar-refractivity contribution is -0.146. The van der Waals surface area contributed by atoms with Crippen LogP contribution in [0.25, 0.3) is 0 Å². The van der Waals surface area contributed by atoms with Crippen molar-refractivity contribution in [3.63, 3.8) is 0 Å². The van der Waals surface area contributed by atoms with Crippen molar-refractivity contribution in [2.24, 2.45) is 11.3 Å². The number of hydrogen-bond donors (Lipinski definition) is 2. The van der Waals surface area contributed by atoms with Gasteiger partial charge >= 0.3 is 5.97 Å². The van der Waals surface area contributed by atoms with Crippen LogP contribution in [0.2, 0.25) is 0 Å². The zero-order valence-corrected chi connectivity index (χ0v) is 17.8. The molecule has 1 amide bonds. The Morgan fingerprint density at radius 1 is 1.30 bits per heavy atom. The van der Waals surface area contributed by atoms with Gasteiger partial charge in [0.2, 0.25) is 5.91 Å². The van der Waals surface area contributed by atoms with Crippen molar-refractivity contribution >= 4 is 30.5 Å². The largest absolute Gasteiger partial charge is 0.465 e. The van der Waals surface area contributed by atoms with Crippen LogP contribution >= 0.6 is 12.9 Å². The fraction of sp³-hybridized carbons (Fsp3) is 0.333. The van der Waals surface area contributed by atoms with Gasteiger partial charge in [-0.05, 0) is 67.1 Å². The molecule has 5 nitrogen and oxygen atoms in total. The average Bonchev–Trinajstić information content (AvgIpc) is 3.19.